The van der Waals surface area contributed by atoms with Gasteiger partial charge in [0.2, 0.25) is 0 Å². The smallest absolute Gasteiger partial charge is 0.329 e. The van der Waals surface area contributed by atoms with E-state index in [9.17, 15) is 13.6 Å². The highest BCUT2D eigenvalue weighted by atomic mass is 19.1. The summed E-state index contributed by atoms with van der Waals surface area (Å²) in [4.78, 5) is 14.1. The van der Waals surface area contributed by atoms with Crippen LogP contribution in [0.1, 0.15) is 5.56 Å². The average Bonchev–Trinajstić information content (AvgIpc) is 2.42. The molecule has 2 aromatic rings. The van der Waals surface area contributed by atoms with Crippen LogP contribution in [0.2, 0.25) is 0 Å². The van der Waals surface area contributed by atoms with E-state index in [0.717, 1.165) is 0 Å². The van der Waals surface area contributed by atoms with Crippen molar-refractivity contribution in [1.82, 2.24) is 4.98 Å². The van der Waals surface area contributed by atoms with Gasteiger partial charge in [0.05, 0.1) is 6.61 Å². The Morgan fingerprint density at radius 2 is 1.75 bits per heavy atom. The van der Waals surface area contributed by atoms with Gasteiger partial charge in [-0.1, -0.05) is 0 Å². The molecule has 4 nitrogen and oxygen atoms in total. The van der Waals surface area contributed by atoms with Crippen molar-refractivity contribution >= 4 is 5.97 Å². The van der Waals surface area contributed by atoms with Crippen LogP contribution in [-0.2, 0) is 16.1 Å². The number of ether oxygens (including phenoxy) is 1. The molecule has 0 saturated heterocycles. The summed E-state index contributed by atoms with van der Waals surface area (Å²) in [7, 11) is 0. The summed E-state index contributed by atoms with van der Waals surface area (Å²) >= 11 is 0. The highest BCUT2D eigenvalue weighted by Gasteiger charge is 2.13. The maximum absolute atomic E-state index is 13.8. The van der Waals surface area contributed by atoms with E-state index in [1.54, 1.807) is 12.1 Å². The van der Waals surface area contributed by atoms with Crippen molar-refractivity contribution in [2.45, 2.75) is 6.61 Å². The molecule has 1 aromatic heterocycles. The number of halogens is 2. The van der Waals surface area contributed by atoms with Crippen molar-refractivity contribution in [2.75, 3.05) is 6.61 Å². The number of carboxylic acid groups (broad SMARTS) is 1. The first kappa shape index (κ1) is 14.1. The summed E-state index contributed by atoms with van der Waals surface area (Å²) in [5, 5.41) is 8.40. The molecule has 0 aliphatic rings. The van der Waals surface area contributed by atoms with Gasteiger partial charge in [-0.3, -0.25) is 4.98 Å². The van der Waals surface area contributed by atoms with Crippen molar-refractivity contribution in [3.63, 3.8) is 0 Å². The van der Waals surface area contributed by atoms with E-state index >= 15 is 0 Å². The van der Waals surface area contributed by atoms with Crippen molar-refractivity contribution < 1.29 is 23.4 Å². The maximum atomic E-state index is 13.8. The Bertz CT molecular complexity index is 594. The van der Waals surface area contributed by atoms with Crippen LogP contribution >= 0.6 is 0 Å². The Morgan fingerprint density at radius 1 is 1.15 bits per heavy atom. The van der Waals surface area contributed by atoms with E-state index in [4.69, 9.17) is 9.84 Å². The van der Waals surface area contributed by atoms with Crippen LogP contribution in [0, 0.1) is 11.6 Å². The highest BCUT2D eigenvalue weighted by Crippen LogP contribution is 2.24. The molecule has 0 atom stereocenters. The van der Waals surface area contributed by atoms with Gasteiger partial charge in [-0.15, -0.1) is 0 Å². The first-order valence-corrected chi connectivity index (χ1v) is 5.76. The van der Waals surface area contributed by atoms with Crippen LogP contribution in [0.3, 0.4) is 0 Å². The van der Waals surface area contributed by atoms with Crippen molar-refractivity contribution in [2.24, 2.45) is 0 Å². The predicted octanol–water partition coefficient (Wildman–Crippen LogP) is 2.63. The zero-order valence-electron chi connectivity index (χ0n) is 10.3. The number of aromatic nitrogens is 1. The number of pyridine rings is 1. The summed E-state index contributed by atoms with van der Waals surface area (Å²) in [6.07, 6.45) is 3.05. The minimum Gasteiger partial charge on any atom is -0.480 e. The number of aliphatic carboxylic acids is 1. The number of hydrogen-bond donors (Lipinski definition) is 1. The molecule has 0 amide bonds. The molecule has 6 heteroatoms. The summed E-state index contributed by atoms with van der Waals surface area (Å²) in [5.74, 6) is -2.75. The molecule has 0 fully saturated rings. The van der Waals surface area contributed by atoms with Gasteiger partial charge in [-0.25, -0.2) is 13.6 Å². The number of carboxylic acids is 1. The molecule has 0 bridgehead atoms. The molecule has 1 heterocycles. The predicted molar refractivity (Wildman–Crippen MR) is 66.9 cm³/mol. The van der Waals surface area contributed by atoms with E-state index in [0.29, 0.717) is 11.1 Å². The van der Waals surface area contributed by atoms with E-state index in [1.165, 1.54) is 24.5 Å². The molecule has 0 spiro atoms. The molecule has 0 saturated carbocycles. The van der Waals surface area contributed by atoms with Crippen molar-refractivity contribution in [3.05, 3.63) is 53.9 Å². The topological polar surface area (TPSA) is 59.4 Å². The number of hydrogen-bond acceptors (Lipinski definition) is 3. The van der Waals surface area contributed by atoms with Gasteiger partial charge >= 0.3 is 5.97 Å². The lowest BCUT2D eigenvalue weighted by molar-refractivity contribution is -0.142. The average molecular weight is 279 g/mol. The van der Waals surface area contributed by atoms with Gasteiger partial charge < -0.3 is 9.84 Å². The number of nitrogens with zero attached hydrogens (tertiary/aromatic N) is 1. The molecule has 2 rings (SSSR count). The zero-order valence-corrected chi connectivity index (χ0v) is 10.3. The van der Waals surface area contributed by atoms with Gasteiger partial charge in [0.1, 0.15) is 18.2 Å². The molecular weight excluding hydrogens is 268 g/mol. The molecule has 0 radical (unpaired) electrons. The molecular formula is C14H11F2NO3. The van der Waals surface area contributed by atoms with Crippen molar-refractivity contribution in [1.29, 1.82) is 0 Å². The lowest BCUT2D eigenvalue weighted by atomic mass is 10.0. The standard InChI is InChI=1S/C14H11F2NO3/c15-12-5-10(9-1-3-17-4-2-9)6-13(16)11(12)7-20-8-14(18)19/h1-6H,7-8H2,(H,18,19). The summed E-state index contributed by atoms with van der Waals surface area (Å²) in [6.45, 7) is -1.04. The lowest BCUT2D eigenvalue weighted by Gasteiger charge is -2.08. The monoisotopic (exact) mass is 279 g/mol. The van der Waals surface area contributed by atoms with Crippen LogP contribution in [0.4, 0.5) is 8.78 Å². The van der Waals surface area contributed by atoms with Crippen molar-refractivity contribution in [3.8, 4) is 11.1 Å². The molecule has 0 aliphatic heterocycles. The Morgan fingerprint density at radius 3 is 2.30 bits per heavy atom. The van der Waals surface area contributed by atoms with Crippen LogP contribution in [-0.4, -0.2) is 22.7 Å². The van der Waals surface area contributed by atoms with Gasteiger partial charge in [-0.2, -0.15) is 0 Å². The minimum absolute atomic E-state index is 0.288. The van der Waals surface area contributed by atoms with Crippen LogP contribution in [0.5, 0.6) is 0 Å². The molecule has 0 aliphatic carbocycles. The minimum atomic E-state index is -1.20. The normalized spacial score (nSPS) is 10.5. The first-order valence-electron chi connectivity index (χ1n) is 5.76. The fourth-order valence-electron chi connectivity index (χ4n) is 1.69. The maximum Gasteiger partial charge on any atom is 0.329 e. The number of benzene rings is 1. The molecule has 1 aromatic carbocycles. The largest absolute Gasteiger partial charge is 0.480 e. The third kappa shape index (κ3) is 3.36. The van der Waals surface area contributed by atoms with E-state index in [1.807, 2.05) is 0 Å². The summed E-state index contributed by atoms with van der Waals surface area (Å²) < 4.78 is 32.4. The quantitative estimate of drug-likeness (QED) is 0.914. The van der Waals surface area contributed by atoms with E-state index < -0.39 is 30.8 Å². The van der Waals surface area contributed by atoms with Gasteiger partial charge in [0.25, 0.3) is 0 Å². The third-order valence-electron chi connectivity index (χ3n) is 2.63. The Labute approximate surface area is 113 Å². The molecule has 0 unspecified atom stereocenters. The van der Waals surface area contributed by atoms with Crippen LogP contribution in [0.25, 0.3) is 11.1 Å². The second-order valence-corrected chi connectivity index (χ2v) is 4.04. The molecule has 104 valence electrons. The Kier molecular flexibility index (Phi) is 4.37. The molecule has 20 heavy (non-hydrogen) atoms. The van der Waals surface area contributed by atoms with Crippen LogP contribution in [0.15, 0.2) is 36.7 Å². The third-order valence-corrected chi connectivity index (χ3v) is 2.63. The Hall–Kier alpha value is -2.34. The highest BCUT2D eigenvalue weighted by molar-refractivity contribution is 5.68. The summed E-state index contributed by atoms with van der Waals surface area (Å²) in [6, 6.07) is 5.62. The Balaban J connectivity index is 2.23. The first-order chi connectivity index (χ1) is 9.58. The summed E-state index contributed by atoms with van der Waals surface area (Å²) in [5.41, 5.74) is 0.726. The SMILES string of the molecule is O=C(O)COCc1c(F)cc(-c2ccncc2)cc1F. The van der Waals surface area contributed by atoms with Gasteiger partial charge in [0, 0.05) is 18.0 Å². The van der Waals surface area contributed by atoms with Gasteiger partial charge in [-0.05, 0) is 35.4 Å². The number of carbonyl (C=O) groups is 1. The lowest BCUT2D eigenvalue weighted by Crippen LogP contribution is -2.08. The van der Waals surface area contributed by atoms with Crippen LogP contribution < -0.4 is 0 Å². The van der Waals surface area contributed by atoms with E-state index in [2.05, 4.69) is 4.98 Å². The molecule has 1 N–H and O–H groups in total. The fourth-order valence-corrected chi connectivity index (χ4v) is 1.69. The second kappa shape index (κ2) is 6.21. The van der Waals surface area contributed by atoms with Gasteiger partial charge in [0.15, 0.2) is 0 Å². The van der Waals surface area contributed by atoms with E-state index in [-0.39, 0.29) is 5.56 Å². The second-order valence-electron chi connectivity index (χ2n) is 4.04. The zero-order chi connectivity index (χ0) is 14.5. The fraction of sp³-hybridized carbons (Fsp3) is 0.143. The number of rotatable bonds is 5.